The first-order chi connectivity index (χ1) is 14.3. The third kappa shape index (κ3) is 3.76. The van der Waals surface area contributed by atoms with Gasteiger partial charge in [0.25, 0.3) is 0 Å². The molecule has 0 saturated carbocycles. The van der Waals surface area contributed by atoms with E-state index < -0.39 is 0 Å². The molecule has 1 aliphatic carbocycles. The molecule has 3 aliphatic heterocycles. The van der Waals surface area contributed by atoms with E-state index in [2.05, 4.69) is 33.8 Å². The van der Waals surface area contributed by atoms with Crippen molar-refractivity contribution >= 4 is 24.2 Å². The molecule has 2 unspecified atom stereocenters. The average molecular weight is 447 g/mol. The van der Waals surface area contributed by atoms with E-state index in [9.17, 15) is 0 Å². The molecule has 3 heterocycles. The predicted octanol–water partition coefficient (Wildman–Crippen LogP) is 4.91. The molecule has 1 aromatic carbocycles. The van der Waals surface area contributed by atoms with E-state index in [-0.39, 0.29) is 12.4 Å². The molecule has 6 heteroatoms. The fourth-order valence-corrected chi connectivity index (χ4v) is 6.45. The van der Waals surface area contributed by atoms with Crippen LogP contribution in [0.15, 0.2) is 51.4 Å². The van der Waals surface area contributed by atoms with Crippen LogP contribution in [-0.2, 0) is 6.42 Å². The van der Waals surface area contributed by atoms with Crippen molar-refractivity contribution < 1.29 is 9.47 Å². The van der Waals surface area contributed by atoms with E-state index in [4.69, 9.17) is 9.47 Å². The van der Waals surface area contributed by atoms with E-state index in [1.807, 2.05) is 17.8 Å². The Hall–Kier alpha value is -1.56. The van der Waals surface area contributed by atoms with Crippen LogP contribution in [0.3, 0.4) is 0 Å². The topological polar surface area (TPSA) is 33.7 Å². The number of ether oxygens (including phenoxy) is 2. The Balaban J connectivity index is 0.00000218. The highest BCUT2D eigenvalue weighted by atomic mass is 35.5. The van der Waals surface area contributed by atoms with Gasteiger partial charge in [0, 0.05) is 24.5 Å². The summed E-state index contributed by atoms with van der Waals surface area (Å²) in [5.74, 6) is 2.26. The SMILES string of the molecule is COc1ccc(CCC2CNCC3=C4CCCC5=C4N(CC=CS5)C32)cc1OC.Cl. The summed E-state index contributed by atoms with van der Waals surface area (Å²) in [6, 6.07) is 6.91. The molecule has 4 nitrogen and oxygen atoms in total. The van der Waals surface area contributed by atoms with Crippen LogP contribution >= 0.6 is 24.2 Å². The minimum Gasteiger partial charge on any atom is -0.493 e. The molecule has 0 amide bonds. The van der Waals surface area contributed by atoms with Crippen molar-refractivity contribution in [1.29, 1.82) is 0 Å². The summed E-state index contributed by atoms with van der Waals surface area (Å²) in [5.41, 5.74) is 6.25. The lowest BCUT2D eigenvalue weighted by atomic mass is 9.83. The lowest BCUT2D eigenvalue weighted by Crippen LogP contribution is -2.48. The second-order valence-electron chi connectivity index (χ2n) is 8.33. The molecule has 0 bridgehead atoms. The standard InChI is InChI=1S/C24H30N2O2S.ClH/c1-27-20-10-8-16(13-21(20)28-2)7-9-17-14-25-15-19-18-5-3-6-22-24(18)26(23(17)19)11-4-12-29-22;/h4,8,10,12-13,17,23,25H,3,5-7,9,11,14-15H2,1-2H3;1H. The molecule has 162 valence electrons. The van der Waals surface area contributed by atoms with Crippen molar-refractivity contribution in [1.82, 2.24) is 10.2 Å². The Morgan fingerprint density at radius 2 is 2.03 bits per heavy atom. The first kappa shape index (κ1) is 21.7. The van der Waals surface area contributed by atoms with Crippen LogP contribution < -0.4 is 14.8 Å². The molecule has 30 heavy (non-hydrogen) atoms. The number of nitrogens with one attached hydrogen (secondary N) is 1. The van der Waals surface area contributed by atoms with Crippen molar-refractivity contribution in [2.24, 2.45) is 5.92 Å². The summed E-state index contributed by atoms with van der Waals surface area (Å²) in [6.07, 6.45) is 8.41. The Bertz CT molecular complexity index is 895. The number of methoxy groups -OCH3 is 2. The Kier molecular flexibility index (Phi) is 6.71. The van der Waals surface area contributed by atoms with Crippen molar-refractivity contribution in [2.45, 2.75) is 38.1 Å². The van der Waals surface area contributed by atoms with Gasteiger partial charge in [0.15, 0.2) is 11.5 Å². The van der Waals surface area contributed by atoms with Crippen LogP contribution in [0, 0.1) is 5.92 Å². The quantitative estimate of drug-likeness (QED) is 0.694. The maximum absolute atomic E-state index is 5.50. The van der Waals surface area contributed by atoms with E-state index in [1.54, 1.807) is 36.0 Å². The van der Waals surface area contributed by atoms with E-state index in [1.165, 1.54) is 31.2 Å². The van der Waals surface area contributed by atoms with Gasteiger partial charge in [-0.05, 0) is 72.3 Å². The molecule has 0 radical (unpaired) electrons. The van der Waals surface area contributed by atoms with Crippen molar-refractivity contribution in [3.05, 3.63) is 57.0 Å². The van der Waals surface area contributed by atoms with Gasteiger partial charge < -0.3 is 19.7 Å². The summed E-state index contributed by atoms with van der Waals surface area (Å²) < 4.78 is 10.9. The van der Waals surface area contributed by atoms with Crippen LogP contribution in [0.25, 0.3) is 0 Å². The monoisotopic (exact) mass is 446 g/mol. The van der Waals surface area contributed by atoms with E-state index in [0.29, 0.717) is 12.0 Å². The maximum atomic E-state index is 5.50. The van der Waals surface area contributed by atoms with Gasteiger partial charge in [0.1, 0.15) is 0 Å². The number of benzene rings is 1. The maximum Gasteiger partial charge on any atom is 0.160 e. The highest BCUT2D eigenvalue weighted by Gasteiger charge is 2.43. The number of piperidine rings is 1. The van der Waals surface area contributed by atoms with Crippen LogP contribution in [0.4, 0.5) is 0 Å². The normalized spacial score (nSPS) is 24.8. The molecule has 2 atom stereocenters. The number of aryl methyl sites for hydroxylation is 1. The molecule has 0 aromatic heterocycles. The van der Waals surface area contributed by atoms with E-state index >= 15 is 0 Å². The second kappa shape index (κ2) is 9.29. The van der Waals surface area contributed by atoms with Crippen molar-refractivity contribution in [2.75, 3.05) is 33.9 Å². The third-order valence-electron chi connectivity index (χ3n) is 6.78. The summed E-state index contributed by atoms with van der Waals surface area (Å²) in [5, 5.41) is 6.04. The zero-order chi connectivity index (χ0) is 19.8. The number of fused-ring (bicyclic) bond motifs is 2. The minimum absolute atomic E-state index is 0. The molecule has 5 rings (SSSR count). The fourth-order valence-electron chi connectivity index (χ4n) is 5.49. The van der Waals surface area contributed by atoms with Crippen LogP contribution in [0.5, 0.6) is 11.5 Å². The second-order valence-corrected chi connectivity index (χ2v) is 9.34. The smallest absolute Gasteiger partial charge is 0.160 e. The van der Waals surface area contributed by atoms with Crippen molar-refractivity contribution in [3.8, 4) is 11.5 Å². The van der Waals surface area contributed by atoms with Gasteiger partial charge in [-0.2, -0.15) is 0 Å². The molecule has 1 saturated heterocycles. The third-order valence-corrected chi connectivity index (χ3v) is 7.79. The number of hydrogen-bond acceptors (Lipinski definition) is 5. The lowest BCUT2D eigenvalue weighted by Gasteiger charge is -2.39. The Labute approximate surface area is 190 Å². The molecule has 1 N–H and O–H groups in total. The fraction of sp³-hybridized carbons (Fsp3) is 0.500. The number of halogens is 1. The molecule has 1 fully saturated rings. The number of hydrogen-bond donors (Lipinski definition) is 1. The summed E-state index contributed by atoms with van der Waals surface area (Å²) in [6.45, 7) is 3.22. The lowest BCUT2D eigenvalue weighted by molar-refractivity contribution is 0.215. The zero-order valence-electron chi connectivity index (χ0n) is 17.8. The molecule has 0 spiro atoms. The number of nitrogens with zero attached hydrogens (tertiary/aromatic N) is 1. The zero-order valence-corrected chi connectivity index (χ0v) is 19.4. The van der Waals surface area contributed by atoms with Gasteiger partial charge in [-0.25, -0.2) is 0 Å². The van der Waals surface area contributed by atoms with Gasteiger partial charge >= 0.3 is 0 Å². The first-order valence-electron chi connectivity index (χ1n) is 10.8. The van der Waals surface area contributed by atoms with Gasteiger partial charge in [-0.1, -0.05) is 12.1 Å². The molecular weight excluding hydrogens is 416 g/mol. The van der Waals surface area contributed by atoms with Gasteiger partial charge in [-0.3, -0.25) is 0 Å². The molecule has 4 aliphatic rings. The summed E-state index contributed by atoms with van der Waals surface area (Å²) in [7, 11) is 3.40. The molecule has 1 aromatic rings. The Morgan fingerprint density at radius 1 is 1.17 bits per heavy atom. The van der Waals surface area contributed by atoms with Crippen LogP contribution in [0.2, 0.25) is 0 Å². The average Bonchev–Trinajstić information content (AvgIpc) is 2.94. The highest BCUT2D eigenvalue weighted by molar-refractivity contribution is 8.05. The van der Waals surface area contributed by atoms with Gasteiger partial charge in [0.2, 0.25) is 0 Å². The van der Waals surface area contributed by atoms with Crippen LogP contribution in [0.1, 0.15) is 31.2 Å². The van der Waals surface area contributed by atoms with Crippen LogP contribution in [-0.4, -0.2) is 44.8 Å². The Morgan fingerprint density at radius 3 is 2.87 bits per heavy atom. The predicted molar refractivity (Wildman–Crippen MR) is 127 cm³/mol. The minimum atomic E-state index is 0. The first-order valence-corrected chi connectivity index (χ1v) is 11.6. The van der Waals surface area contributed by atoms with E-state index in [0.717, 1.165) is 37.6 Å². The highest BCUT2D eigenvalue weighted by Crippen LogP contribution is 2.49. The number of rotatable bonds is 5. The molecular formula is C24H31ClN2O2S. The summed E-state index contributed by atoms with van der Waals surface area (Å²) in [4.78, 5) is 4.33. The number of allylic oxidation sites excluding steroid dienone is 2. The largest absolute Gasteiger partial charge is 0.493 e. The number of thioether (sulfide) groups is 1. The summed E-state index contributed by atoms with van der Waals surface area (Å²) >= 11 is 1.96. The van der Waals surface area contributed by atoms with Gasteiger partial charge in [0.05, 0.1) is 26.0 Å². The van der Waals surface area contributed by atoms with Crippen molar-refractivity contribution in [3.63, 3.8) is 0 Å². The van der Waals surface area contributed by atoms with Gasteiger partial charge in [-0.15, -0.1) is 24.2 Å².